The molecule has 1 N–H and O–H groups in total. The number of carbonyl (C=O) groups is 1. The van der Waals surface area contributed by atoms with Gasteiger partial charge in [0.05, 0.1) is 5.92 Å². The second kappa shape index (κ2) is 13.8. The van der Waals surface area contributed by atoms with Gasteiger partial charge in [-0.1, -0.05) is 109 Å². The number of carboxylic acid groups (broad SMARTS) is 1. The molecule has 3 fully saturated rings. The molecule has 0 amide bonds. The van der Waals surface area contributed by atoms with Gasteiger partial charge in [0.2, 0.25) is 0 Å². The number of aliphatic carboxylic acids is 1. The molecule has 1 aromatic rings. The minimum atomic E-state index is -1.25. The van der Waals surface area contributed by atoms with Crippen molar-refractivity contribution in [1.29, 1.82) is 0 Å². The van der Waals surface area contributed by atoms with Gasteiger partial charge in [-0.2, -0.15) is 0 Å². The van der Waals surface area contributed by atoms with Crippen LogP contribution in [-0.2, 0) is 10.2 Å². The summed E-state index contributed by atoms with van der Waals surface area (Å²) >= 11 is 0. The Morgan fingerprint density at radius 1 is 0.921 bits per heavy atom. The molecular formula is C35H55FO2. The second-order valence-corrected chi connectivity index (χ2v) is 13.5. The Balaban J connectivity index is 1.57. The molecule has 1 aromatic carbocycles. The number of benzene rings is 1. The molecular weight excluding hydrogens is 471 g/mol. The van der Waals surface area contributed by atoms with Crippen molar-refractivity contribution in [3.05, 3.63) is 35.4 Å². The van der Waals surface area contributed by atoms with Gasteiger partial charge >= 0.3 is 5.97 Å². The van der Waals surface area contributed by atoms with Gasteiger partial charge in [-0.25, -0.2) is 4.39 Å². The highest BCUT2D eigenvalue weighted by molar-refractivity contribution is 5.71. The van der Waals surface area contributed by atoms with Crippen LogP contribution in [0, 0.1) is 29.6 Å². The van der Waals surface area contributed by atoms with Gasteiger partial charge in [0, 0.05) is 5.41 Å². The minimum Gasteiger partial charge on any atom is -0.481 e. The van der Waals surface area contributed by atoms with E-state index in [1.165, 1.54) is 101 Å². The Labute approximate surface area is 232 Å². The van der Waals surface area contributed by atoms with Crippen LogP contribution < -0.4 is 0 Å². The molecule has 0 aromatic heterocycles. The zero-order chi connectivity index (χ0) is 27.1. The number of hydrogen-bond acceptors (Lipinski definition) is 1. The van der Waals surface area contributed by atoms with E-state index in [1.54, 1.807) is 0 Å². The first-order chi connectivity index (χ1) is 18.4. The SMILES string of the molecule is CCCCCC1CCC(C(C)c2ccccc2C2(C3CCC(CCC)CC3)CCC(C(=O)O)C(F)C2)CC1. The Morgan fingerprint density at radius 2 is 1.58 bits per heavy atom. The van der Waals surface area contributed by atoms with Gasteiger partial charge in [-0.3, -0.25) is 4.79 Å². The third-order valence-electron chi connectivity index (χ3n) is 11.3. The van der Waals surface area contributed by atoms with Crippen molar-refractivity contribution < 1.29 is 14.3 Å². The van der Waals surface area contributed by atoms with E-state index >= 15 is 4.39 Å². The third kappa shape index (κ3) is 6.67. The summed E-state index contributed by atoms with van der Waals surface area (Å²) in [7, 11) is 0. The number of rotatable bonds is 11. The molecule has 38 heavy (non-hydrogen) atoms. The molecule has 2 nitrogen and oxygen atoms in total. The number of alkyl halides is 1. The van der Waals surface area contributed by atoms with Crippen molar-refractivity contribution in [3.8, 4) is 0 Å². The third-order valence-corrected chi connectivity index (χ3v) is 11.3. The molecule has 0 radical (unpaired) electrons. The normalized spacial score (nSPS) is 35.1. The summed E-state index contributed by atoms with van der Waals surface area (Å²) in [4.78, 5) is 11.9. The van der Waals surface area contributed by atoms with Crippen molar-refractivity contribution in [2.45, 2.75) is 147 Å². The van der Waals surface area contributed by atoms with E-state index in [0.717, 1.165) is 18.3 Å². The van der Waals surface area contributed by atoms with Crippen molar-refractivity contribution in [1.82, 2.24) is 0 Å². The van der Waals surface area contributed by atoms with Gasteiger partial charge in [-0.15, -0.1) is 0 Å². The zero-order valence-corrected chi connectivity index (χ0v) is 24.6. The fourth-order valence-corrected chi connectivity index (χ4v) is 8.97. The largest absolute Gasteiger partial charge is 0.481 e. The molecule has 4 rings (SSSR count). The molecule has 3 aliphatic rings. The topological polar surface area (TPSA) is 37.3 Å². The van der Waals surface area contributed by atoms with E-state index in [9.17, 15) is 9.90 Å². The summed E-state index contributed by atoms with van der Waals surface area (Å²) in [5, 5.41) is 9.72. The molecule has 4 unspecified atom stereocenters. The first kappa shape index (κ1) is 29.6. The summed E-state index contributed by atoms with van der Waals surface area (Å²) in [5.41, 5.74) is 2.60. The first-order valence-corrected chi connectivity index (χ1v) is 16.4. The van der Waals surface area contributed by atoms with Crippen LogP contribution in [-0.4, -0.2) is 17.2 Å². The van der Waals surface area contributed by atoms with Crippen molar-refractivity contribution in [2.24, 2.45) is 29.6 Å². The van der Waals surface area contributed by atoms with Crippen LogP contribution >= 0.6 is 0 Å². The standard InChI is InChI=1S/C35H55FO2/c1-4-6-7-11-27-14-18-28(19-15-27)25(3)30-12-8-9-13-32(30)35(23-22-31(34(37)38)33(36)24-35)29-20-16-26(10-5-2)17-21-29/h8-9,12-13,25-29,31,33H,4-7,10-11,14-24H2,1-3H3,(H,37,38). The van der Waals surface area contributed by atoms with E-state index in [1.807, 2.05) is 0 Å². The minimum absolute atomic E-state index is 0.218. The highest BCUT2D eigenvalue weighted by Gasteiger charge is 2.50. The Kier molecular flexibility index (Phi) is 10.7. The van der Waals surface area contributed by atoms with Crippen LogP contribution in [0.2, 0.25) is 0 Å². The van der Waals surface area contributed by atoms with E-state index in [4.69, 9.17) is 0 Å². The maximum Gasteiger partial charge on any atom is 0.309 e. The average Bonchev–Trinajstić information content (AvgIpc) is 2.93. The highest BCUT2D eigenvalue weighted by atomic mass is 19.1. The Morgan fingerprint density at radius 3 is 2.21 bits per heavy atom. The zero-order valence-electron chi connectivity index (χ0n) is 24.6. The van der Waals surface area contributed by atoms with Gasteiger partial charge < -0.3 is 5.11 Å². The monoisotopic (exact) mass is 526 g/mol. The fourth-order valence-electron chi connectivity index (χ4n) is 8.97. The van der Waals surface area contributed by atoms with Gasteiger partial charge in [0.15, 0.2) is 0 Å². The lowest BCUT2D eigenvalue weighted by atomic mass is 9.54. The van der Waals surface area contributed by atoms with Crippen LogP contribution in [0.1, 0.15) is 147 Å². The maximum absolute atomic E-state index is 15.7. The number of halogens is 1. The van der Waals surface area contributed by atoms with Gasteiger partial charge in [0.25, 0.3) is 0 Å². The van der Waals surface area contributed by atoms with Crippen LogP contribution in [0.25, 0.3) is 0 Å². The lowest BCUT2D eigenvalue weighted by Gasteiger charge is -2.50. The number of carboxylic acids is 1. The molecule has 0 aliphatic heterocycles. The summed E-state index contributed by atoms with van der Waals surface area (Å²) < 4.78 is 15.7. The van der Waals surface area contributed by atoms with Crippen molar-refractivity contribution >= 4 is 5.97 Å². The first-order valence-electron chi connectivity index (χ1n) is 16.4. The quantitative estimate of drug-likeness (QED) is 0.291. The molecule has 3 saturated carbocycles. The second-order valence-electron chi connectivity index (χ2n) is 13.5. The van der Waals surface area contributed by atoms with Gasteiger partial charge in [0.1, 0.15) is 6.17 Å². The molecule has 0 bridgehead atoms. The molecule has 4 atom stereocenters. The molecule has 0 heterocycles. The van der Waals surface area contributed by atoms with Crippen LogP contribution in [0.5, 0.6) is 0 Å². The van der Waals surface area contributed by atoms with E-state index < -0.39 is 18.1 Å². The smallest absolute Gasteiger partial charge is 0.309 e. The lowest BCUT2D eigenvalue weighted by molar-refractivity contribution is -0.146. The molecule has 3 aliphatic carbocycles. The van der Waals surface area contributed by atoms with E-state index in [2.05, 4.69) is 45.0 Å². The molecule has 214 valence electrons. The highest BCUT2D eigenvalue weighted by Crippen LogP contribution is 2.55. The Bertz CT molecular complexity index is 866. The lowest BCUT2D eigenvalue weighted by Crippen LogP contribution is -2.47. The maximum atomic E-state index is 15.7. The van der Waals surface area contributed by atoms with Crippen molar-refractivity contribution in [3.63, 3.8) is 0 Å². The molecule has 3 heteroatoms. The van der Waals surface area contributed by atoms with E-state index in [-0.39, 0.29) is 5.41 Å². The Hall–Kier alpha value is -1.38. The van der Waals surface area contributed by atoms with Crippen molar-refractivity contribution in [2.75, 3.05) is 0 Å². The summed E-state index contributed by atoms with van der Waals surface area (Å²) in [5.74, 6) is 1.57. The number of hydrogen-bond donors (Lipinski definition) is 1. The van der Waals surface area contributed by atoms with Crippen LogP contribution in [0.4, 0.5) is 4.39 Å². The van der Waals surface area contributed by atoms with Crippen LogP contribution in [0.3, 0.4) is 0 Å². The van der Waals surface area contributed by atoms with Crippen LogP contribution in [0.15, 0.2) is 24.3 Å². The summed E-state index contributed by atoms with van der Waals surface area (Å²) in [6.07, 6.45) is 18.6. The summed E-state index contributed by atoms with van der Waals surface area (Å²) in [6, 6.07) is 9.01. The predicted molar refractivity (Wildman–Crippen MR) is 156 cm³/mol. The summed E-state index contributed by atoms with van der Waals surface area (Å²) in [6.45, 7) is 7.01. The molecule has 0 spiro atoms. The number of unbranched alkanes of at least 4 members (excludes halogenated alkanes) is 2. The van der Waals surface area contributed by atoms with Gasteiger partial charge in [-0.05, 0) is 85.7 Å². The van der Waals surface area contributed by atoms with E-state index in [0.29, 0.717) is 30.6 Å². The fraction of sp³-hybridized carbons (Fsp3) is 0.800. The molecule has 0 saturated heterocycles. The predicted octanol–water partition coefficient (Wildman–Crippen LogP) is 10.2. The average molecular weight is 527 g/mol.